The van der Waals surface area contributed by atoms with Gasteiger partial charge in [-0.2, -0.15) is 0 Å². The summed E-state index contributed by atoms with van der Waals surface area (Å²) in [5.74, 6) is -0.465. The molecule has 1 atom stereocenters. The van der Waals surface area contributed by atoms with Crippen molar-refractivity contribution < 1.29 is 23.9 Å². The van der Waals surface area contributed by atoms with Crippen molar-refractivity contribution >= 4 is 23.3 Å². The molecule has 0 spiro atoms. The van der Waals surface area contributed by atoms with Gasteiger partial charge in [-0.1, -0.05) is 20.8 Å². The number of hydrogen-bond acceptors (Lipinski definition) is 6. The lowest BCUT2D eigenvalue weighted by Gasteiger charge is -2.30. The summed E-state index contributed by atoms with van der Waals surface area (Å²) in [6.07, 6.45) is -0.867. The number of esters is 1. The second-order valence-electron chi connectivity index (χ2n) is 5.89. The molecule has 0 N–H and O–H groups in total. The minimum absolute atomic E-state index is 0.218. The summed E-state index contributed by atoms with van der Waals surface area (Å²) in [5.41, 5.74) is -0.588. The van der Waals surface area contributed by atoms with E-state index in [1.165, 1.54) is 26.4 Å². The summed E-state index contributed by atoms with van der Waals surface area (Å²) in [6.45, 7) is 5.42. The molecular formula is C15H20ClNO6. The molecule has 0 radical (unpaired) electrons. The van der Waals surface area contributed by atoms with Crippen LogP contribution in [0.4, 0.5) is 5.69 Å². The van der Waals surface area contributed by atoms with Crippen LogP contribution >= 0.6 is 11.6 Å². The van der Waals surface area contributed by atoms with E-state index in [4.69, 9.17) is 25.8 Å². The van der Waals surface area contributed by atoms with Gasteiger partial charge in [-0.25, -0.2) is 0 Å². The van der Waals surface area contributed by atoms with Gasteiger partial charge in [0.25, 0.3) is 5.69 Å². The normalized spacial score (nSPS) is 12.4. The average molecular weight is 346 g/mol. The zero-order chi connectivity index (χ0) is 17.8. The third-order valence-electron chi connectivity index (χ3n) is 3.16. The monoisotopic (exact) mass is 345 g/mol. The van der Waals surface area contributed by atoms with Gasteiger partial charge in [0.05, 0.1) is 30.8 Å². The maximum atomic E-state index is 11.6. The van der Waals surface area contributed by atoms with Crippen molar-refractivity contribution in [2.45, 2.75) is 26.9 Å². The van der Waals surface area contributed by atoms with Crippen molar-refractivity contribution in [2.75, 3.05) is 20.1 Å². The fourth-order valence-electron chi connectivity index (χ4n) is 2.12. The van der Waals surface area contributed by atoms with Gasteiger partial charge < -0.3 is 14.2 Å². The highest BCUT2D eigenvalue weighted by molar-refractivity contribution is 6.26. The Bertz CT molecular complexity index is 596. The standard InChI is InChI=1S/C15H20ClNO6/c1-15(2,3)14(23-13(18)8-16)9-6-11(21-4)12(22-5)7-10(9)17(19)20/h6-7,14H,8H2,1-5H3. The Morgan fingerprint density at radius 2 is 1.78 bits per heavy atom. The van der Waals surface area contributed by atoms with E-state index in [9.17, 15) is 14.9 Å². The first-order valence-corrected chi connectivity index (χ1v) is 7.34. The second-order valence-corrected chi connectivity index (χ2v) is 6.16. The van der Waals surface area contributed by atoms with E-state index in [2.05, 4.69) is 0 Å². The van der Waals surface area contributed by atoms with Crippen LogP contribution in [0.1, 0.15) is 32.4 Å². The number of methoxy groups -OCH3 is 2. The lowest BCUT2D eigenvalue weighted by molar-refractivity contribution is -0.386. The molecule has 0 saturated heterocycles. The Balaban J connectivity index is 3.56. The molecule has 0 aliphatic rings. The number of benzene rings is 1. The van der Waals surface area contributed by atoms with Crippen LogP contribution in [0.15, 0.2) is 12.1 Å². The number of halogens is 1. The van der Waals surface area contributed by atoms with Gasteiger partial charge in [-0.05, 0) is 6.07 Å². The van der Waals surface area contributed by atoms with E-state index in [0.29, 0.717) is 5.75 Å². The van der Waals surface area contributed by atoms with E-state index in [0.717, 1.165) is 0 Å². The molecule has 1 rings (SSSR count). The highest BCUT2D eigenvalue weighted by Crippen LogP contribution is 2.44. The highest BCUT2D eigenvalue weighted by Gasteiger charge is 2.36. The van der Waals surface area contributed by atoms with Crippen LogP contribution in [0.5, 0.6) is 11.5 Å². The van der Waals surface area contributed by atoms with Crippen molar-refractivity contribution in [1.29, 1.82) is 0 Å². The van der Waals surface area contributed by atoms with Crippen LogP contribution < -0.4 is 9.47 Å². The Kier molecular flexibility index (Phi) is 6.20. The van der Waals surface area contributed by atoms with Crippen LogP contribution in [-0.2, 0) is 9.53 Å². The minimum Gasteiger partial charge on any atom is -0.493 e. The molecule has 8 heteroatoms. The minimum atomic E-state index is -0.867. The number of nitro groups is 1. The van der Waals surface area contributed by atoms with Crippen molar-refractivity contribution in [3.63, 3.8) is 0 Å². The van der Waals surface area contributed by atoms with Crippen molar-refractivity contribution in [1.82, 2.24) is 0 Å². The molecule has 128 valence electrons. The fraction of sp³-hybridized carbons (Fsp3) is 0.533. The van der Waals surface area contributed by atoms with Gasteiger partial charge in [-0.15, -0.1) is 11.6 Å². The molecule has 0 saturated carbocycles. The molecule has 0 amide bonds. The lowest BCUT2D eigenvalue weighted by atomic mass is 9.83. The number of ether oxygens (including phenoxy) is 3. The number of hydrogen-bond donors (Lipinski definition) is 0. The Morgan fingerprint density at radius 3 is 2.17 bits per heavy atom. The second kappa shape index (κ2) is 7.50. The van der Waals surface area contributed by atoms with E-state index >= 15 is 0 Å². The Hall–Kier alpha value is -2.02. The van der Waals surface area contributed by atoms with Gasteiger partial charge in [-0.3, -0.25) is 14.9 Å². The van der Waals surface area contributed by atoms with E-state index < -0.39 is 22.4 Å². The molecule has 1 aromatic carbocycles. The van der Waals surface area contributed by atoms with Crippen LogP contribution in [-0.4, -0.2) is 31.0 Å². The summed E-state index contributed by atoms with van der Waals surface area (Å²) in [4.78, 5) is 22.5. The molecule has 0 aliphatic heterocycles. The third kappa shape index (κ3) is 4.48. The zero-order valence-electron chi connectivity index (χ0n) is 13.7. The maximum absolute atomic E-state index is 11.6. The summed E-state index contributed by atoms with van der Waals surface area (Å²) >= 11 is 5.49. The van der Waals surface area contributed by atoms with Crippen molar-refractivity contribution in [3.05, 3.63) is 27.8 Å². The number of alkyl halides is 1. The van der Waals surface area contributed by atoms with Gasteiger partial charge in [0.1, 0.15) is 12.0 Å². The van der Waals surface area contributed by atoms with Crippen molar-refractivity contribution in [2.24, 2.45) is 5.41 Å². The SMILES string of the molecule is COc1cc(C(OC(=O)CCl)C(C)(C)C)c([N+](=O)[O-])cc1OC. The summed E-state index contributed by atoms with van der Waals surface area (Å²) in [6, 6.07) is 2.70. The number of nitrogens with zero attached hydrogens (tertiary/aromatic N) is 1. The summed E-state index contributed by atoms with van der Waals surface area (Å²) in [7, 11) is 2.81. The topological polar surface area (TPSA) is 87.9 Å². The molecule has 0 fully saturated rings. The number of nitro benzene ring substituents is 1. The molecular weight excluding hydrogens is 326 g/mol. The number of rotatable bonds is 6. The Morgan fingerprint density at radius 1 is 1.26 bits per heavy atom. The van der Waals surface area contributed by atoms with E-state index in [1.807, 2.05) is 0 Å². The van der Waals surface area contributed by atoms with Crippen LogP contribution in [0.25, 0.3) is 0 Å². The van der Waals surface area contributed by atoms with Crippen LogP contribution in [0.2, 0.25) is 0 Å². The van der Waals surface area contributed by atoms with Gasteiger partial charge in [0.15, 0.2) is 11.5 Å². The molecule has 0 aromatic heterocycles. The predicted octanol–water partition coefficient (Wildman–Crippen LogP) is 3.48. The molecule has 0 heterocycles. The van der Waals surface area contributed by atoms with Gasteiger partial charge in [0, 0.05) is 5.41 Å². The first-order chi connectivity index (χ1) is 10.6. The summed E-state index contributed by atoms with van der Waals surface area (Å²) in [5, 5.41) is 11.4. The van der Waals surface area contributed by atoms with Crippen LogP contribution in [0, 0.1) is 15.5 Å². The molecule has 1 aromatic rings. The molecule has 7 nitrogen and oxygen atoms in total. The van der Waals surface area contributed by atoms with Crippen LogP contribution in [0.3, 0.4) is 0 Å². The summed E-state index contributed by atoms with van der Waals surface area (Å²) < 4.78 is 15.6. The van der Waals surface area contributed by atoms with E-state index in [-0.39, 0.29) is 22.9 Å². The lowest BCUT2D eigenvalue weighted by Crippen LogP contribution is -2.25. The fourth-order valence-corrected chi connectivity index (χ4v) is 2.18. The quantitative estimate of drug-likeness (QED) is 0.339. The number of carbonyl (C=O) groups excluding carboxylic acids is 1. The first-order valence-electron chi connectivity index (χ1n) is 6.81. The van der Waals surface area contributed by atoms with Gasteiger partial charge in [0.2, 0.25) is 0 Å². The first kappa shape index (κ1) is 19.0. The van der Waals surface area contributed by atoms with E-state index in [1.54, 1.807) is 20.8 Å². The predicted molar refractivity (Wildman–Crippen MR) is 85.2 cm³/mol. The maximum Gasteiger partial charge on any atom is 0.321 e. The van der Waals surface area contributed by atoms with Crippen molar-refractivity contribution in [3.8, 4) is 11.5 Å². The Labute approximate surface area is 139 Å². The highest BCUT2D eigenvalue weighted by atomic mass is 35.5. The average Bonchev–Trinajstić information content (AvgIpc) is 2.49. The van der Waals surface area contributed by atoms with Gasteiger partial charge >= 0.3 is 5.97 Å². The molecule has 0 aliphatic carbocycles. The smallest absolute Gasteiger partial charge is 0.321 e. The molecule has 0 bridgehead atoms. The number of carbonyl (C=O) groups is 1. The molecule has 1 unspecified atom stereocenters. The third-order valence-corrected chi connectivity index (χ3v) is 3.38. The zero-order valence-corrected chi connectivity index (χ0v) is 14.5. The molecule has 23 heavy (non-hydrogen) atoms. The largest absolute Gasteiger partial charge is 0.493 e.